The Hall–Kier alpha value is -1.89. The number of anilines is 2. The second-order valence-corrected chi connectivity index (χ2v) is 7.90. The van der Waals surface area contributed by atoms with E-state index in [1.807, 2.05) is 0 Å². The van der Waals surface area contributed by atoms with E-state index in [2.05, 4.69) is 27.5 Å². The molecule has 0 radical (unpaired) electrons. The van der Waals surface area contributed by atoms with Crippen molar-refractivity contribution in [2.45, 2.75) is 69.1 Å². The molecule has 1 aromatic heterocycles. The van der Waals surface area contributed by atoms with E-state index in [0.29, 0.717) is 23.2 Å². The largest absolute Gasteiger partial charge is 0.390 e. The van der Waals surface area contributed by atoms with Crippen LogP contribution in [-0.4, -0.2) is 38.2 Å². The van der Waals surface area contributed by atoms with Gasteiger partial charge in [0, 0.05) is 17.8 Å². The number of aliphatic hydroxyl groups is 1. The molecule has 0 saturated heterocycles. The molecule has 0 aromatic carbocycles. The van der Waals surface area contributed by atoms with Gasteiger partial charge in [0.25, 0.3) is 5.91 Å². The number of nitrogens with zero attached hydrogens (tertiary/aromatic N) is 2. The lowest BCUT2D eigenvalue weighted by Crippen LogP contribution is -2.34. The monoisotopic (exact) mass is 331 g/mol. The lowest BCUT2D eigenvalue weighted by molar-refractivity contribution is 0.0521. The van der Waals surface area contributed by atoms with Gasteiger partial charge in [-0.1, -0.05) is 0 Å². The molecule has 4 rings (SSSR count). The molecule has 0 spiro atoms. The van der Waals surface area contributed by atoms with Crippen molar-refractivity contribution in [2.75, 3.05) is 10.6 Å². The number of hydrogen-bond acceptors (Lipinski definition) is 6. The Morgan fingerprint density at radius 1 is 1.38 bits per heavy atom. The Morgan fingerprint density at radius 3 is 2.62 bits per heavy atom. The summed E-state index contributed by atoms with van der Waals surface area (Å²) in [6.45, 7) is 2.10. The number of fused-ring (bicyclic) bond motifs is 2. The van der Waals surface area contributed by atoms with Crippen LogP contribution in [-0.2, 0) is 0 Å². The maximum Gasteiger partial charge on any atom is 0.254 e. The SMILES string of the molecule is C[C@@H](Nc1nc(NC23CCC(O)(CC2)C3)ncc1C(N)=O)C1CC1. The summed E-state index contributed by atoms with van der Waals surface area (Å²) in [6, 6.07) is 0.257. The topological polar surface area (TPSA) is 113 Å². The summed E-state index contributed by atoms with van der Waals surface area (Å²) in [5.74, 6) is 1.11. The van der Waals surface area contributed by atoms with Crippen LogP contribution in [0.3, 0.4) is 0 Å². The van der Waals surface area contributed by atoms with Crippen LogP contribution >= 0.6 is 0 Å². The van der Waals surface area contributed by atoms with Crippen molar-refractivity contribution >= 4 is 17.7 Å². The van der Waals surface area contributed by atoms with E-state index >= 15 is 0 Å². The normalized spacial score (nSPS) is 32.6. The molecule has 3 aliphatic carbocycles. The number of nitrogens with two attached hydrogens (primary N) is 1. The van der Waals surface area contributed by atoms with E-state index in [4.69, 9.17) is 5.73 Å². The lowest BCUT2D eigenvalue weighted by atomic mass is 9.93. The fraction of sp³-hybridized carbons (Fsp3) is 0.706. The fourth-order valence-corrected chi connectivity index (χ4v) is 4.25. The highest BCUT2D eigenvalue weighted by atomic mass is 16.3. The summed E-state index contributed by atoms with van der Waals surface area (Å²) in [6.07, 6.45) is 8.13. The van der Waals surface area contributed by atoms with Crippen LogP contribution in [0.5, 0.6) is 0 Å². The molecule has 3 fully saturated rings. The highest BCUT2D eigenvalue weighted by Gasteiger charge is 2.53. The molecule has 130 valence electrons. The van der Waals surface area contributed by atoms with E-state index < -0.39 is 11.5 Å². The van der Waals surface area contributed by atoms with Crippen LogP contribution < -0.4 is 16.4 Å². The predicted octanol–water partition coefficient (Wildman–Crippen LogP) is 1.65. The second-order valence-electron chi connectivity index (χ2n) is 7.90. The molecule has 0 unspecified atom stereocenters. The molecule has 3 saturated carbocycles. The van der Waals surface area contributed by atoms with Crippen LogP contribution in [0.25, 0.3) is 0 Å². The Kier molecular flexibility index (Phi) is 3.46. The van der Waals surface area contributed by atoms with E-state index in [-0.39, 0.29) is 11.6 Å². The van der Waals surface area contributed by atoms with Gasteiger partial charge in [-0.3, -0.25) is 4.79 Å². The number of aromatic nitrogens is 2. The van der Waals surface area contributed by atoms with Crippen molar-refractivity contribution in [3.8, 4) is 0 Å². The molecule has 1 amide bonds. The molecule has 0 aliphatic heterocycles. The Labute approximate surface area is 141 Å². The first-order valence-electron chi connectivity index (χ1n) is 8.82. The quantitative estimate of drug-likeness (QED) is 0.630. The molecule has 5 N–H and O–H groups in total. The predicted molar refractivity (Wildman–Crippen MR) is 90.7 cm³/mol. The average molecular weight is 331 g/mol. The van der Waals surface area contributed by atoms with E-state index in [1.165, 1.54) is 19.0 Å². The van der Waals surface area contributed by atoms with Crippen molar-refractivity contribution in [1.29, 1.82) is 0 Å². The number of hydrogen-bond donors (Lipinski definition) is 4. The maximum atomic E-state index is 11.7. The molecule has 7 heteroatoms. The lowest BCUT2D eigenvalue weighted by Gasteiger charge is -2.28. The third kappa shape index (κ3) is 2.81. The summed E-state index contributed by atoms with van der Waals surface area (Å²) < 4.78 is 0. The van der Waals surface area contributed by atoms with E-state index in [0.717, 1.165) is 32.1 Å². The molecular formula is C17H25N5O2. The Morgan fingerprint density at radius 2 is 2.08 bits per heavy atom. The van der Waals surface area contributed by atoms with Crippen molar-refractivity contribution in [3.05, 3.63) is 11.8 Å². The number of carbonyl (C=O) groups excluding carboxylic acids is 1. The third-order valence-electron chi connectivity index (χ3n) is 5.93. The van der Waals surface area contributed by atoms with Crippen molar-refractivity contribution in [2.24, 2.45) is 11.7 Å². The number of nitrogens with one attached hydrogen (secondary N) is 2. The molecule has 1 aromatic rings. The first kappa shape index (κ1) is 15.6. The zero-order valence-corrected chi connectivity index (χ0v) is 14.0. The minimum atomic E-state index is -0.527. The summed E-state index contributed by atoms with van der Waals surface area (Å²) >= 11 is 0. The first-order chi connectivity index (χ1) is 11.4. The van der Waals surface area contributed by atoms with Gasteiger partial charge in [0.1, 0.15) is 5.82 Å². The molecule has 7 nitrogen and oxygen atoms in total. The van der Waals surface area contributed by atoms with Gasteiger partial charge in [0.2, 0.25) is 5.95 Å². The molecule has 1 heterocycles. The van der Waals surface area contributed by atoms with Gasteiger partial charge in [-0.2, -0.15) is 4.98 Å². The minimum Gasteiger partial charge on any atom is -0.390 e. The first-order valence-corrected chi connectivity index (χ1v) is 8.82. The second kappa shape index (κ2) is 5.31. The summed E-state index contributed by atoms with van der Waals surface area (Å²) in [5.41, 5.74) is 5.13. The van der Waals surface area contributed by atoms with Gasteiger partial charge in [0.15, 0.2) is 0 Å². The zero-order chi connectivity index (χ0) is 16.9. The molecule has 3 aliphatic rings. The molecule has 2 bridgehead atoms. The molecule has 24 heavy (non-hydrogen) atoms. The fourth-order valence-electron chi connectivity index (χ4n) is 4.25. The van der Waals surface area contributed by atoms with Crippen molar-refractivity contribution in [1.82, 2.24) is 9.97 Å². The van der Waals surface area contributed by atoms with Crippen LogP contribution in [0.4, 0.5) is 11.8 Å². The molecular weight excluding hydrogens is 306 g/mol. The highest BCUT2D eigenvalue weighted by molar-refractivity contribution is 5.97. The summed E-state index contributed by atoms with van der Waals surface area (Å²) in [5, 5.41) is 17.1. The van der Waals surface area contributed by atoms with Crippen LogP contribution in [0.15, 0.2) is 6.20 Å². The summed E-state index contributed by atoms with van der Waals surface area (Å²) in [4.78, 5) is 20.5. The smallest absolute Gasteiger partial charge is 0.254 e. The van der Waals surface area contributed by atoms with Crippen molar-refractivity contribution in [3.63, 3.8) is 0 Å². The average Bonchev–Trinajstić information content (AvgIpc) is 3.26. The van der Waals surface area contributed by atoms with Gasteiger partial charge >= 0.3 is 0 Å². The van der Waals surface area contributed by atoms with Gasteiger partial charge < -0.3 is 21.5 Å². The Balaban J connectivity index is 1.56. The molecule has 1 atom stereocenters. The number of amides is 1. The Bertz CT molecular complexity index is 665. The number of primary amides is 1. The van der Waals surface area contributed by atoms with Gasteiger partial charge in [0.05, 0.1) is 11.2 Å². The van der Waals surface area contributed by atoms with Gasteiger partial charge in [-0.25, -0.2) is 4.98 Å². The van der Waals surface area contributed by atoms with Crippen LogP contribution in [0.2, 0.25) is 0 Å². The standard InChI is InChI=1S/C17H25N5O2/c1-10(11-2-3-11)20-14-12(13(18)23)8-19-15(21-14)22-16-4-6-17(24,9-16)7-5-16/h8,10-11,24H,2-7,9H2,1H3,(H2,18,23)(H2,19,20,21,22)/t10-,16?,17?/m1/s1. The van der Waals surface area contributed by atoms with Crippen LogP contribution in [0.1, 0.15) is 62.2 Å². The third-order valence-corrected chi connectivity index (χ3v) is 5.93. The zero-order valence-electron chi connectivity index (χ0n) is 14.0. The van der Waals surface area contributed by atoms with Gasteiger partial charge in [-0.05, 0) is 57.8 Å². The van der Waals surface area contributed by atoms with Crippen LogP contribution in [0, 0.1) is 5.92 Å². The van der Waals surface area contributed by atoms with E-state index in [1.54, 1.807) is 0 Å². The number of carbonyl (C=O) groups is 1. The maximum absolute atomic E-state index is 11.7. The number of rotatable bonds is 6. The minimum absolute atomic E-state index is 0.123. The van der Waals surface area contributed by atoms with Gasteiger partial charge in [-0.15, -0.1) is 0 Å². The van der Waals surface area contributed by atoms with E-state index in [9.17, 15) is 9.90 Å². The summed E-state index contributed by atoms with van der Waals surface area (Å²) in [7, 11) is 0. The van der Waals surface area contributed by atoms with Crippen molar-refractivity contribution < 1.29 is 9.90 Å². The highest BCUT2D eigenvalue weighted by Crippen LogP contribution is 2.51.